The molecule has 2 aromatic heterocycles. The zero-order valence-corrected chi connectivity index (χ0v) is 12.3. The fraction of sp³-hybridized carbons (Fsp3) is 0.125. The van der Waals surface area contributed by atoms with Gasteiger partial charge in [0.2, 0.25) is 0 Å². The molecule has 0 bridgehead atoms. The van der Waals surface area contributed by atoms with Gasteiger partial charge in [-0.15, -0.1) is 11.3 Å². The third-order valence-corrected chi connectivity index (χ3v) is 4.06. The Hall–Kier alpha value is -2.40. The first-order valence-corrected chi connectivity index (χ1v) is 7.47. The summed E-state index contributed by atoms with van der Waals surface area (Å²) < 4.78 is 5.09. The number of rotatable bonds is 3. The lowest BCUT2D eigenvalue weighted by Gasteiger charge is -2.06. The van der Waals surface area contributed by atoms with Crippen LogP contribution in [0.15, 0.2) is 42.0 Å². The summed E-state index contributed by atoms with van der Waals surface area (Å²) in [6.45, 7) is 2.11. The molecular formula is C16H14N2O2S. The Morgan fingerprint density at radius 3 is 3.00 bits per heavy atom. The van der Waals surface area contributed by atoms with Gasteiger partial charge in [-0.05, 0) is 30.0 Å². The number of hydrogen-bond acceptors (Lipinski definition) is 5. The number of nitrogens with two attached hydrogens (primary N) is 1. The fourth-order valence-corrected chi connectivity index (χ4v) is 3.06. The first-order chi connectivity index (χ1) is 10.2. The summed E-state index contributed by atoms with van der Waals surface area (Å²) in [5.74, 6) is -0.374. The van der Waals surface area contributed by atoms with Gasteiger partial charge in [-0.3, -0.25) is 4.98 Å². The van der Waals surface area contributed by atoms with Crippen LogP contribution in [0.2, 0.25) is 0 Å². The van der Waals surface area contributed by atoms with Gasteiger partial charge in [0.15, 0.2) is 0 Å². The van der Waals surface area contributed by atoms with Crippen LogP contribution in [0.5, 0.6) is 0 Å². The van der Waals surface area contributed by atoms with E-state index in [-0.39, 0.29) is 5.97 Å². The Bertz CT molecular complexity index is 811. The van der Waals surface area contributed by atoms with Crippen LogP contribution in [-0.2, 0) is 4.74 Å². The molecule has 4 nitrogen and oxygen atoms in total. The van der Waals surface area contributed by atoms with Gasteiger partial charge in [-0.25, -0.2) is 4.79 Å². The third-order valence-electron chi connectivity index (χ3n) is 3.25. The average Bonchev–Trinajstić information content (AvgIpc) is 2.89. The van der Waals surface area contributed by atoms with Crippen molar-refractivity contribution in [1.29, 1.82) is 0 Å². The zero-order chi connectivity index (χ0) is 14.8. The lowest BCUT2D eigenvalue weighted by molar-refractivity contribution is 0.0529. The highest BCUT2D eigenvalue weighted by molar-refractivity contribution is 7.14. The minimum Gasteiger partial charge on any atom is -0.462 e. The minimum atomic E-state index is -0.374. The summed E-state index contributed by atoms with van der Waals surface area (Å²) in [6.07, 6.45) is 3.56. The minimum absolute atomic E-state index is 0.330. The maximum absolute atomic E-state index is 12.1. The molecule has 2 N–H and O–H groups in total. The van der Waals surface area contributed by atoms with Crippen molar-refractivity contribution in [3.05, 3.63) is 47.6 Å². The molecule has 0 saturated heterocycles. The lowest BCUT2D eigenvalue weighted by atomic mass is 10.0. The van der Waals surface area contributed by atoms with Gasteiger partial charge >= 0.3 is 5.97 Å². The van der Waals surface area contributed by atoms with E-state index < -0.39 is 0 Å². The quantitative estimate of drug-likeness (QED) is 0.748. The molecule has 3 rings (SSSR count). The molecule has 0 saturated carbocycles. The molecule has 0 aliphatic heterocycles. The number of benzene rings is 1. The monoisotopic (exact) mass is 298 g/mol. The number of nitrogens with zero attached hydrogens (tertiary/aromatic N) is 1. The van der Waals surface area contributed by atoms with E-state index in [2.05, 4.69) is 4.98 Å². The number of fused-ring (bicyclic) bond motifs is 1. The summed E-state index contributed by atoms with van der Waals surface area (Å²) in [5, 5.41) is 4.51. The Morgan fingerprint density at radius 1 is 1.33 bits per heavy atom. The standard InChI is InChI=1S/C16H14N2O2S/c1-2-20-16(19)14-13(9-21-15(14)17)11-3-4-12-8-18-6-5-10(12)7-11/h3-9H,2,17H2,1H3. The number of pyridine rings is 1. The van der Waals surface area contributed by atoms with Gasteiger partial charge < -0.3 is 10.5 Å². The molecule has 0 amide bonds. The van der Waals surface area contributed by atoms with Crippen LogP contribution in [0.1, 0.15) is 17.3 Å². The van der Waals surface area contributed by atoms with Crippen LogP contribution in [0.4, 0.5) is 5.00 Å². The van der Waals surface area contributed by atoms with E-state index in [1.807, 2.05) is 35.8 Å². The number of anilines is 1. The summed E-state index contributed by atoms with van der Waals surface area (Å²) in [4.78, 5) is 16.2. The first-order valence-electron chi connectivity index (χ1n) is 6.59. The van der Waals surface area contributed by atoms with Crippen molar-refractivity contribution < 1.29 is 9.53 Å². The number of nitrogen functional groups attached to an aromatic ring is 1. The predicted molar refractivity (Wildman–Crippen MR) is 85.4 cm³/mol. The van der Waals surface area contributed by atoms with E-state index in [1.165, 1.54) is 11.3 Å². The molecule has 0 unspecified atom stereocenters. The second-order valence-electron chi connectivity index (χ2n) is 4.55. The van der Waals surface area contributed by atoms with E-state index in [0.717, 1.165) is 21.9 Å². The highest BCUT2D eigenvalue weighted by atomic mass is 32.1. The van der Waals surface area contributed by atoms with Crippen LogP contribution >= 0.6 is 11.3 Å². The smallest absolute Gasteiger partial charge is 0.341 e. The molecule has 3 aromatic rings. The molecule has 0 radical (unpaired) electrons. The number of esters is 1. The molecule has 0 atom stereocenters. The summed E-state index contributed by atoms with van der Waals surface area (Å²) >= 11 is 1.35. The Kier molecular flexibility index (Phi) is 3.58. The van der Waals surface area contributed by atoms with Crippen molar-refractivity contribution >= 4 is 33.1 Å². The highest BCUT2D eigenvalue weighted by Gasteiger charge is 2.19. The molecule has 0 spiro atoms. The van der Waals surface area contributed by atoms with Gasteiger partial charge in [-0.2, -0.15) is 0 Å². The number of aromatic nitrogens is 1. The molecule has 0 fully saturated rings. The van der Waals surface area contributed by atoms with E-state index >= 15 is 0 Å². The van der Waals surface area contributed by atoms with Crippen molar-refractivity contribution in [1.82, 2.24) is 4.98 Å². The highest BCUT2D eigenvalue weighted by Crippen LogP contribution is 2.35. The van der Waals surface area contributed by atoms with Gasteiger partial charge in [0, 0.05) is 28.7 Å². The number of carbonyl (C=O) groups is 1. The molecule has 5 heteroatoms. The van der Waals surface area contributed by atoms with Crippen LogP contribution in [-0.4, -0.2) is 17.6 Å². The maximum Gasteiger partial charge on any atom is 0.341 e. The van der Waals surface area contributed by atoms with Crippen molar-refractivity contribution in [2.45, 2.75) is 6.92 Å². The van der Waals surface area contributed by atoms with E-state index in [1.54, 1.807) is 13.1 Å². The van der Waals surface area contributed by atoms with E-state index in [0.29, 0.717) is 17.2 Å². The number of hydrogen-bond donors (Lipinski definition) is 1. The Labute approximate surface area is 126 Å². The van der Waals surface area contributed by atoms with Crippen LogP contribution in [0.3, 0.4) is 0 Å². The molecular weight excluding hydrogens is 284 g/mol. The maximum atomic E-state index is 12.1. The fourth-order valence-electron chi connectivity index (χ4n) is 2.25. The van der Waals surface area contributed by atoms with Crippen molar-refractivity contribution in [3.63, 3.8) is 0 Å². The van der Waals surface area contributed by atoms with Gasteiger partial charge in [-0.1, -0.05) is 12.1 Å². The van der Waals surface area contributed by atoms with Gasteiger partial charge in [0.1, 0.15) is 10.6 Å². The topological polar surface area (TPSA) is 65.2 Å². The lowest BCUT2D eigenvalue weighted by Crippen LogP contribution is -2.07. The van der Waals surface area contributed by atoms with Gasteiger partial charge in [0.05, 0.1) is 6.61 Å². The zero-order valence-electron chi connectivity index (χ0n) is 11.5. The molecule has 106 valence electrons. The van der Waals surface area contributed by atoms with Crippen LogP contribution < -0.4 is 5.73 Å². The van der Waals surface area contributed by atoms with Crippen molar-refractivity contribution in [2.24, 2.45) is 0 Å². The molecule has 0 aliphatic rings. The summed E-state index contributed by atoms with van der Waals surface area (Å²) in [6, 6.07) is 7.93. The second-order valence-corrected chi connectivity index (χ2v) is 5.46. The predicted octanol–water partition coefficient (Wildman–Crippen LogP) is 3.72. The summed E-state index contributed by atoms with van der Waals surface area (Å²) in [5.41, 5.74) is 8.15. The normalized spacial score (nSPS) is 10.7. The number of thiophene rings is 1. The molecule has 21 heavy (non-hydrogen) atoms. The first kappa shape index (κ1) is 13.6. The second kappa shape index (κ2) is 5.54. The van der Waals surface area contributed by atoms with Crippen molar-refractivity contribution in [2.75, 3.05) is 12.3 Å². The Balaban J connectivity index is 2.12. The van der Waals surface area contributed by atoms with E-state index in [9.17, 15) is 4.79 Å². The van der Waals surface area contributed by atoms with Crippen LogP contribution in [0.25, 0.3) is 21.9 Å². The SMILES string of the molecule is CCOC(=O)c1c(-c2ccc3cnccc3c2)csc1N. The van der Waals surface area contributed by atoms with Gasteiger partial charge in [0.25, 0.3) is 0 Å². The van der Waals surface area contributed by atoms with Crippen molar-refractivity contribution in [3.8, 4) is 11.1 Å². The molecule has 0 aliphatic carbocycles. The Morgan fingerprint density at radius 2 is 2.19 bits per heavy atom. The average molecular weight is 298 g/mol. The number of ether oxygens (including phenoxy) is 1. The van der Waals surface area contributed by atoms with E-state index in [4.69, 9.17) is 10.5 Å². The molecule has 2 heterocycles. The van der Waals surface area contributed by atoms with Crippen LogP contribution in [0, 0.1) is 0 Å². The third kappa shape index (κ3) is 2.48. The summed E-state index contributed by atoms with van der Waals surface area (Å²) in [7, 11) is 0. The largest absolute Gasteiger partial charge is 0.462 e. The molecule has 1 aromatic carbocycles. The number of carbonyl (C=O) groups excluding carboxylic acids is 1.